The summed E-state index contributed by atoms with van der Waals surface area (Å²) in [7, 11) is 1.69. The first-order valence-electron chi connectivity index (χ1n) is 9.50. The molecule has 4 aliphatic heterocycles. The molecule has 0 radical (unpaired) electrons. The van der Waals surface area contributed by atoms with Crippen LogP contribution >= 0.6 is 0 Å². The third-order valence-electron chi connectivity index (χ3n) is 6.33. The molecule has 0 aliphatic carbocycles. The summed E-state index contributed by atoms with van der Waals surface area (Å²) in [5, 5.41) is 2.67. The van der Waals surface area contributed by atoms with Gasteiger partial charge in [0.15, 0.2) is 0 Å². The van der Waals surface area contributed by atoms with Crippen LogP contribution in [0.1, 0.15) is 31.2 Å². The van der Waals surface area contributed by atoms with Crippen LogP contribution < -0.4 is 10.1 Å². The Hall–Kier alpha value is -2.08. The number of amides is 2. The Morgan fingerprint density at radius 3 is 2.69 bits per heavy atom. The number of rotatable bonds is 4. The normalized spacial score (nSPS) is 32.2. The Morgan fingerprint density at radius 1 is 1.23 bits per heavy atom. The van der Waals surface area contributed by atoms with E-state index in [9.17, 15) is 9.59 Å². The van der Waals surface area contributed by atoms with Gasteiger partial charge in [-0.15, -0.1) is 0 Å². The van der Waals surface area contributed by atoms with Crippen molar-refractivity contribution in [3.8, 4) is 5.75 Å². The number of benzene rings is 1. The highest BCUT2D eigenvalue weighted by Gasteiger charge is 2.54. The third kappa shape index (κ3) is 2.96. The molecule has 4 heterocycles. The summed E-state index contributed by atoms with van der Waals surface area (Å²) < 4.78 is 5.41. The Morgan fingerprint density at radius 2 is 2.00 bits per heavy atom. The molecule has 0 unspecified atom stereocenters. The monoisotopic (exact) mass is 357 g/mol. The standard InChI is InChI=1S/C20H27N3O3/c1-13(24)21-11-18(25)23-12-17(15-4-3-5-16(10-15)26-2)20-19(23)14-6-8-22(20)9-7-14/h3-5,10,14,17,19-20H,6-9,11-12H2,1-2H3,(H,21,24)/t17-,19-,20-/m1/s1. The van der Waals surface area contributed by atoms with Gasteiger partial charge in [0.2, 0.25) is 11.8 Å². The van der Waals surface area contributed by atoms with Crippen LogP contribution in [-0.2, 0) is 9.59 Å². The molecule has 1 aromatic carbocycles. The molecule has 4 saturated heterocycles. The van der Waals surface area contributed by atoms with Gasteiger partial charge in [0.25, 0.3) is 0 Å². The Kier molecular flexibility index (Phi) is 4.61. The molecule has 0 spiro atoms. The number of carbonyl (C=O) groups excluding carboxylic acids is 2. The zero-order valence-corrected chi connectivity index (χ0v) is 15.5. The van der Waals surface area contributed by atoms with Crippen LogP contribution in [0.2, 0.25) is 0 Å². The highest BCUT2D eigenvalue weighted by atomic mass is 16.5. The first-order valence-corrected chi connectivity index (χ1v) is 9.50. The summed E-state index contributed by atoms with van der Waals surface area (Å²) in [4.78, 5) is 28.7. The minimum atomic E-state index is -0.160. The van der Waals surface area contributed by atoms with Gasteiger partial charge >= 0.3 is 0 Å². The molecule has 4 aliphatic rings. The van der Waals surface area contributed by atoms with Crippen LogP contribution in [0.5, 0.6) is 5.75 Å². The SMILES string of the molecule is COc1cccc([C@H]2CN(C(=O)CNC(C)=O)[C@@H]3C4CCN(CC4)[C@H]23)c1. The molecule has 6 heteroatoms. The fourth-order valence-electron chi connectivity index (χ4n) is 5.17. The molecular formula is C20H27N3O3. The van der Waals surface area contributed by atoms with Gasteiger partial charge in [0.05, 0.1) is 19.7 Å². The predicted octanol–water partition coefficient (Wildman–Crippen LogP) is 1.22. The molecule has 5 rings (SSSR count). The summed E-state index contributed by atoms with van der Waals surface area (Å²) in [6, 6.07) is 8.87. The quantitative estimate of drug-likeness (QED) is 0.880. The average molecular weight is 357 g/mol. The van der Waals surface area contributed by atoms with Gasteiger partial charge in [-0.05, 0) is 49.5 Å². The van der Waals surface area contributed by atoms with Crippen LogP contribution in [0.15, 0.2) is 24.3 Å². The second kappa shape index (κ2) is 6.91. The third-order valence-corrected chi connectivity index (χ3v) is 6.33. The van der Waals surface area contributed by atoms with Gasteiger partial charge in [-0.25, -0.2) is 0 Å². The first-order chi connectivity index (χ1) is 12.6. The number of likely N-dealkylation sites (tertiary alicyclic amines) is 1. The molecule has 26 heavy (non-hydrogen) atoms. The lowest BCUT2D eigenvalue weighted by Gasteiger charge is -2.51. The zero-order chi connectivity index (χ0) is 18.3. The van der Waals surface area contributed by atoms with Crippen molar-refractivity contribution in [2.75, 3.05) is 33.3 Å². The Bertz CT molecular complexity index is 699. The second-order valence-electron chi connectivity index (χ2n) is 7.69. The van der Waals surface area contributed by atoms with E-state index in [-0.39, 0.29) is 24.4 Å². The van der Waals surface area contributed by atoms with Crippen LogP contribution in [0.25, 0.3) is 0 Å². The number of carbonyl (C=O) groups is 2. The number of piperidine rings is 3. The molecule has 2 bridgehead atoms. The van der Waals surface area contributed by atoms with Gasteiger partial charge in [-0.3, -0.25) is 14.5 Å². The van der Waals surface area contributed by atoms with E-state index in [1.807, 2.05) is 17.0 Å². The number of hydrogen-bond acceptors (Lipinski definition) is 4. The van der Waals surface area contributed by atoms with Gasteiger partial charge in [-0.2, -0.15) is 0 Å². The van der Waals surface area contributed by atoms with Gasteiger partial charge in [-0.1, -0.05) is 12.1 Å². The first kappa shape index (κ1) is 17.3. The van der Waals surface area contributed by atoms with Crippen molar-refractivity contribution in [2.24, 2.45) is 5.92 Å². The van der Waals surface area contributed by atoms with Gasteiger partial charge in [0, 0.05) is 25.4 Å². The van der Waals surface area contributed by atoms with Crippen molar-refractivity contribution >= 4 is 11.8 Å². The molecule has 1 N–H and O–H groups in total. The Balaban J connectivity index is 1.63. The summed E-state index contributed by atoms with van der Waals surface area (Å²) in [6.07, 6.45) is 2.33. The summed E-state index contributed by atoms with van der Waals surface area (Å²) in [5.74, 6) is 1.60. The smallest absolute Gasteiger partial charge is 0.242 e. The number of fused-ring (bicyclic) bond motifs is 2. The molecule has 1 aromatic rings. The van der Waals surface area contributed by atoms with Crippen LogP contribution in [0.4, 0.5) is 0 Å². The number of hydrogen-bond donors (Lipinski definition) is 1. The second-order valence-corrected chi connectivity index (χ2v) is 7.69. The van der Waals surface area contributed by atoms with Gasteiger partial charge in [0.1, 0.15) is 5.75 Å². The minimum Gasteiger partial charge on any atom is -0.497 e. The van der Waals surface area contributed by atoms with Crippen molar-refractivity contribution in [1.82, 2.24) is 15.1 Å². The highest BCUT2D eigenvalue weighted by molar-refractivity contribution is 5.84. The van der Waals surface area contributed by atoms with E-state index in [1.165, 1.54) is 12.5 Å². The van der Waals surface area contributed by atoms with E-state index in [1.54, 1.807) is 7.11 Å². The molecule has 6 nitrogen and oxygen atoms in total. The van der Waals surface area contributed by atoms with Crippen LogP contribution in [0, 0.1) is 5.92 Å². The van der Waals surface area contributed by atoms with Crippen molar-refractivity contribution in [2.45, 2.75) is 37.8 Å². The summed E-state index contributed by atoms with van der Waals surface area (Å²) >= 11 is 0. The summed E-state index contributed by atoms with van der Waals surface area (Å²) in [6.45, 7) is 4.51. The van der Waals surface area contributed by atoms with E-state index >= 15 is 0 Å². The van der Waals surface area contributed by atoms with Crippen LogP contribution in [-0.4, -0.2) is 67.0 Å². The number of ether oxygens (including phenoxy) is 1. The maximum Gasteiger partial charge on any atom is 0.242 e. The highest BCUT2D eigenvalue weighted by Crippen LogP contribution is 2.46. The minimum absolute atomic E-state index is 0.0364. The maximum absolute atomic E-state index is 12.8. The van der Waals surface area contributed by atoms with E-state index in [0.29, 0.717) is 24.4 Å². The number of methoxy groups -OCH3 is 1. The van der Waals surface area contributed by atoms with Crippen molar-refractivity contribution in [1.29, 1.82) is 0 Å². The molecule has 140 valence electrons. The number of nitrogens with one attached hydrogen (secondary N) is 1. The molecule has 3 atom stereocenters. The van der Waals surface area contributed by atoms with Crippen LogP contribution in [0.3, 0.4) is 0 Å². The molecule has 0 aromatic heterocycles. The van der Waals surface area contributed by atoms with E-state index < -0.39 is 0 Å². The lowest BCUT2D eigenvalue weighted by atomic mass is 9.75. The fraction of sp³-hybridized carbons (Fsp3) is 0.600. The fourth-order valence-corrected chi connectivity index (χ4v) is 5.17. The maximum atomic E-state index is 12.8. The Labute approximate surface area is 154 Å². The number of nitrogens with zero attached hydrogens (tertiary/aromatic N) is 2. The largest absolute Gasteiger partial charge is 0.497 e. The topological polar surface area (TPSA) is 61.9 Å². The summed E-state index contributed by atoms with van der Waals surface area (Å²) in [5.41, 5.74) is 1.24. The van der Waals surface area contributed by atoms with Crippen molar-refractivity contribution in [3.63, 3.8) is 0 Å². The average Bonchev–Trinajstić information content (AvgIpc) is 3.10. The van der Waals surface area contributed by atoms with E-state index in [0.717, 1.165) is 31.7 Å². The molecular weight excluding hydrogens is 330 g/mol. The van der Waals surface area contributed by atoms with Gasteiger partial charge < -0.3 is 15.0 Å². The molecule has 0 saturated carbocycles. The van der Waals surface area contributed by atoms with Crippen molar-refractivity contribution < 1.29 is 14.3 Å². The molecule has 4 fully saturated rings. The zero-order valence-electron chi connectivity index (χ0n) is 15.5. The predicted molar refractivity (Wildman–Crippen MR) is 98.0 cm³/mol. The van der Waals surface area contributed by atoms with E-state index in [4.69, 9.17) is 4.74 Å². The van der Waals surface area contributed by atoms with E-state index in [2.05, 4.69) is 22.3 Å². The lowest BCUT2D eigenvalue weighted by Crippen LogP contribution is -2.61. The lowest BCUT2D eigenvalue weighted by molar-refractivity contribution is -0.136. The molecule has 2 amide bonds. The van der Waals surface area contributed by atoms with Crippen molar-refractivity contribution in [3.05, 3.63) is 29.8 Å².